The fourth-order valence-corrected chi connectivity index (χ4v) is 3.47. The van der Waals surface area contributed by atoms with Gasteiger partial charge in [0, 0.05) is 23.7 Å². The first-order valence-electron chi connectivity index (χ1n) is 7.25. The van der Waals surface area contributed by atoms with Crippen LogP contribution >= 0.6 is 11.8 Å². The number of anilines is 1. The van der Waals surface area contributed by atoms with Crippen molar-refractivity contribution in [2.24, 2.45) is 16.8 Å². The summed E-state index contributed by atoms with van der Waals surface area (Å²) in [6.45, 7) is 5.58. The van der Waals surface area contributed by atoms with Crippen molar-refractivity contribution in [1.29, 1.82) is 0 Å². The van der Waals surface area contributed by atoms with Crippen molar-refractivity contribution in [3.63, 3.8) is 0 Å². The fourth-order valence-electron chi connectivity index (χ4n) is 2.63. The van der Waals surface area contributed by atoms with Gasteiger partial charge in [0.1, 0.15) is 0 Å². The fraction of sp³-hybridized carbons (Fsp3) is 0.533. The Bertz CT molecular complexity index is 522. The summed E-state index contributed by atoms with van der Waals surface area (Å²) in [6, 6.07) is 5.93. The molecule has 1 fully saturated rings. The summed E-state index contributed by atoms with van der Waals surface area (Å²) in [7, 11) is 0. The lowest BCUT2D eigenvalue weighted by molar-refractivity contribution is 0.103. The molecule has 2 unspecified atom stereocenters. The molecule has 0 radical (unpaired) electrons. The van der Waals surface area contributed by atoms with E-state index in [9.17, 15) is 5.11 Å². The maximum Gasteiger partial charge on any atom is 0.173 e. The lowest BCUT2D eigenvalue weighted by atomic mass is 9.95. The third-order valence-corrected chi connectivity index (χ3v) is 4.87. The van der Waals surface area contributed by atoms with Crippen LogP contribution in [0.2, 0.25) is 0 Å². The van der Waals surface area contributed by atoms with E-state index in [0.29, 0.717) is 12.5 Å². The van der Waals surface area contributed by atoms with E-state index in [-0.39, 0.29) is 11.9 Å². The minimum absolute atomic E-state index is 0.120. The normalized spacial score (nSPS) is 23.4. The lowest BCUT2D eigenvalue weighted by Gasteiger charge is -2.37. The topological polar surface area (TPSA) is 82.1 Å². The maximum absolute atomic E-state index is 10.1. The second-order valence-electron chi connectivity index (χ2n) is 5.35. The number of rotatable bonds is 4. The van der Waals surface area contributed by atoms with Gasteiger partial charge in [-0.3, -0.25) is 0 Å². The SMILES string of the molecule is CCSc1cccc(N2CCC(C)C(O)C2)c1/C(N)=N/O. The molecule has 5 nitrogen and oxygen atoms in total. The van der Waals surface area contributed by atoms with Gasteiger partial charge in [-0.15, -0.1) is 11.8 Å². The van der Waals surface area contributed by atoms with E-state index in [1.165, 1.54) is 0 Å². The Balaban J connectivity index is 2.40. The minimum Gasteiger partial charge on any atom is -0.409 e. The van der Waals surface area contributed by atoms with Crippen LogP contribution in [-0.2, 0) is 0 Å². The summed E-state index contributed by atoms with van der Waals surface area (Å²) in [5.41, 5.74) is 7.58. The number of hydrogen-bond donors (Lipinski definition) is 3. The van der Waals surface area contributed by atoms with Gasteiger partial charge in [0.05, 0.1) is 11.7 Å². The molecule has 4 N–H and O–H groups in total. The van der Waals surface area contributed by atoms with Crippen molar-refractivity contribution >= 4 is 23.3 Å². The number of aliphatic hydroxyl groups excluding tert-OH is 1. The van der Waals surface area contributed by atoms with Crippen LogP contribution in [0.4, 0.5) is 5.69 Å². The molecule has 0 aliphatic carbocycles. The molecule has 0 saturated carbocycles. The van der Waals surface area contributed by atoms with E-state index in [1.807, 2.05) is 18.2 Å². The van der Waals surface area contributed by atoms with Gasteiger partial charge >= 0.3 is 0 Å². The molecule has 6 heteroatoms. The van der Waals surface area contributed by atoms with Crippen LogP contribution in [0.25, 0.3) is 0 Å². The van der Waals surface area contributed by atoms with E-state index < -0.39 is 0 Å². The molecule has 21 heavy (non-hydrogen) atoms. The molecule has 2 atom stereocenters. The monoisotopic (exact) mass is 309 g/mol. The van der Waals surface area contributed by atoms with E-state index in [1.54, 1.807) is 11.8 Å². The smallest absolute Gasteiger partial charge is 0.173 e. The van der Waals surface area contributed by atoms with Crippen molar-refractivity contribution in [2.45, 2.75) is 31.3 Å². The van der Waals surface area contributed by atoms with Gasteiger partial charge < -0.3 is 20.9 Å². The Hall–Kier alpha value is -1.40. The van der Waals surface area contributed by atoms with Crippen LogP contribution in [0.3, 0.4) is 0 Å². The van der Waals surface area contributed by atoms with E-state index in [2.05, 4.69) is 23.9 Å². The van der Waals surface area contributed by atoms with Gasteiger partial charge in [-0.2, -0.15) is 0 Å². The second kappa shape index (κ2) is 7.04. The van der Waals surface area contributed by atoms with Crippen LogP contribution in [0, 0.1) is 5.92 Å². The van der Waals surface area contributed by atoms with E-state index in [4.69, 9.17) is 10.9 Å². The summed E-state index contributed by atoms with van der Waals surface area (Å²) in [5.74, 6) is 1.34. The molecule has 1 aromatic rings. The third kappa shape index (κ3) is 3.44. The van der Waals surface area contributed by atoms with Crippen LogP contribution in [0.5, 0.6) is 0 Å². The molecule has 0 spiro atoms. The molecule has 116 valence electrons. The van der Waals surface area contributed by atoms with Gasteiger partial charge in [-0.1, -0.05) is 25.1 Å². The van der Waals surface area contributed by atoms with E-state index >= 15 is 0 Å². The van der Waals surface area contributed by atoms with Gasteiger partial charge in [0.25, 0.3) is 0 Å². The first-order chi connectivity index (χ1) is 10.1. The second-order valence-corrected chi connectivity index (χ2v) is 6.65. The minimum atomic E-state index is -0.346. The summed E-state index contributed by atoms with van der Waals surface area (Å²) in [6.07, 6.45) is 0.587. The molecule has 1 aliphatic heterocycles. The lowest BCUT2D eigenvalue weighted by Crippen LogP contribution is -2.43. The number of thioether (sulfide) groups is 1. The van der Waals surface area contributed by atoms with Crippen molar-refractivity contribution < 1.29 is 10.3 Å². The van der Waals surface area contributed by atoms with Crippen molar-refractivity contribution in [1.82, 2.24) is 0 Å². The molecule has 1 heterocycles. The summed E-state index contributed by atoms with van der Waals surface area (Å²) in [4.78, 5) is 3.12. The number of piperidine rings is 1. The summed E-state index contributed by atoms with van der Waals surface area (Å²) >= 11 is 1.66. The number of aliphatic hydroxyl groups is 1. The van der Waals surface area contributed by atoms with Gasteiger partial charge in [0.15, 0.2) is 5.84 Å². The van der Waals surface area contributed by atoms with Crippen molar-refractivity contribution in [3.8, 4) is 0 Å². The van der Waals surface area contributed by atoms with Crippen LogP contribution in [0.1, 0.15) is 25.8 Å². The number of amidine groups is 1. The molecule has 0 bridgehead atoms. The van der Waals surface area contributed by atoms with Gasteiger partial charge in [0.2, 0.25) is 0 Å². The van der Waals surface area contributed by atoms with Crippen LogP contribution < -0.4 is 10.6 Å². The Morgan fingerprint density at radius 3 is 2.90 bits per heavy atom. The Kier molecular flexibility index (Phi) is 5.36. The molecule has 0 aromatic heterocycles. The highest BCUT2D eigenvalue weighted by Gasteiger charge is 2.27. The zero-order valence-electron chi connectivity index (χ0n) is 12.5. The van der Waals surface area contributed by atoms with Crippen molar-refractivity contribution in [2.75, 3.05) is 23.7 Å². The Morgan fingerprint density at radius 2 is 2.29 bits per heavy atom. The molecular formula is C15H23N3O2S. The Labute approximate surface area is 129 Å². The molecule has 1 saturated heterocycles. The third-order valence-electron chi connectivity index (χ3n) is 3.93. The highest BCUT2D eigenvalue weighted by molar-refractivity contribution is 7.99. The predicted molar refractivity (Wildman–Crippen MR) is 87.4 cm³/mol. The first-order valence-corrected chi connectivity index (χ1v) is 8.23. The van der Waals surface area contributed by atoms with Crippen LogP contribution in [0.15, 0.2) is 28.3 Å². The molecular weight excluding hydrogens is 286 g/mol. The van der Waals surface area contributed by atoms with Gasteiger partial charge in [-0.25, -0.2) is 0 Å². The van der Waals surface area contributed by atoms with Gasteiger partial charge in [-0.05, 0) is 30.2 Å². The summed E-state index contributed by atoms with van der Waals surface area (Å²) < 4.78 is 0. The predicted octanol–water partition coefficient (Wildman–Crippen LogP) is 2.10. The van der Waals surface area contributed by atoms with Crippen LogP contribution in [-0.4, -0.2) is 41.1 Å². The molecule has 0 amide bonds. The number of hydrogen-bond acceptors (Lipinski definition) is 5. The summed E-state index contributed by atoms with van der Waals surface area (Å²) in [5, 5.41) is 22.4. The first kappa shape index (κ1) is 16.0. The number of nitrogens with two attached hydrogens (primary N) is 1. The highest BCUT2D eigenvalue weighted by atomic mass is 32.2. The highest BCUT2D eigenvalue weighted by Crippen LogP contribution is 2.33. The average Bonchev–Trinajstić information content (AvgIpc) is 2.49. The molecule has 1 aliphatic rings. The largest absolute Gasteiger partial charge is 0.409 e. The number of β-amino-alcohol motifs (C(OH)–C–C–N with tert-alkyl or cyclic N) is 1. The number of nitrogens with zero attached hydrogens (tertiary/aromatic N) is 2. The quantitative estimate of drug-likeness (QED) is 0.261. The number of benzene rings is 1. The average molecular weight is 309 g/mol. The molecule has 2 rings (SSSR count). The standard InChI is InChI=1S/C15H23N3O2S/c1-3-21-13-6-4-5-11(14(13)15(16)17-20)18-8-7-10(2)12(19)9-18/h4-6,10,12,19-20H,3,7-9H2,1-2H3,(H2,16,17). The maximum atomic E-state index is 10.1. The zero-order valence-corrected chi connectivity index (χ0v) is 13.3. The zero-order chi connectivity index (χ0) is 15.4. The van der Waals surface area contributed by atoms with E-state index in [0.717, 1.165) is 34.9 Å². The van der Waals surface area contributed by atoms with Crippen molar-refractivity contribution in [3.05, 3.63) is 23.8 Å². The Morgan fingerprint density at radius 1 is 1.52 bits per heavy atom. The number of oxime groups is 1. The molecule has 1 aromatic carbocycles.